The highest BCUT2D eigenvalue weighted by molar-refractivity contribution is 7.92. The summed E-state index contributed by atoms with van der Waals surface area (Å²) in [5, 5.41) is 2.71. The lowest BCUT2D eigenvalue weighted by molar-refractivity contribution is -0.119. The molecule has 1 amide bonds. The lowest BCUT2D eigenvalue weighted by Gasteiger charge is -2.24. The van der Waals surface area contributed by atoms with Gasteiger partial charge in [-0.05, 0) is 55.5 Å². The number of benzene rings is 3. The van der Waals surface area contributed by atoms with Crippen LogP contribution >= 0.6 is 0 Å². The fourth-order valence-electron chi connectivity index (χ4n) is 3.14. The summed E-state index contributed by atoms with van der Waals surface area (Å²) in [5.41, 5.74) is 1.26. The minimum atomic E-state index is -4.00. The molecule has 0 radical (unpaired) electrons. The molecule has 3 aromatic carbocycles. The summed E-state index contributed by atoms with van der Waals surface area (Å²) in [6.07, 6.45) is 0. The Morgan fingerprint density at radius 1 is 0.882 bits per heavy atom. The van der Waals surface area contributed by atoms with Crippen molar-refractivity contribution < 1.29 is 27.4 Å². The van der Waals surface area contributed by atoms with Gasteiger partial charge in [0, 0.05) is 6.07 Å². The second kappa shape index (κ2) is 11.4. The highest BCUT2D eigenvalue weighted by atomic mass is 32.2. The van der Waals surface area contributed by atoms with E-state index < -0.39 is 22.5 Å². The molecule has 1 N–H and O–H groups in total. The maximum Gasteiger partial charge on any atom is 0.264 e. The molecule has 0 fully saturated rings. The van der Waals surface area contributed by atoms with Gasteiger partial charge in [-0.2, -0.15) is 0 Å². The largest absolute Gasteiger partial charge is 0.497 e. The van der Waals surface area contributed by atoms with E-state index in [1.54, 1.807) is 67.8 Å². The minimum absolute atomic E-state index is 0.0940. The Hall–Kier alpha value is -3.72. The van der Waals surface area contributed by atoms with Crippen molar-refractivity contribution in [2.75, 3.05) is 38.2 Å². The SMILES string of the molecule is COc1ccc(OCCNC(=O)CN(c2cccc(OC)c2)S(=O)(=O)c2ccc(C)cc2)cc1. The van der Waals surface area contributed by atoms with Crippen LogP contribution in [-0.4, -0.2) is 48.2 Å². The van der Waals surface area contributed by atoms with E-state index >= 15 is 0 Å². The van der Waals surface area contributed by atoms with Gasteiger partial charge in [0.15, 0.2) is 0 Å². The van der Waals surface area contributed by atoms with Gasteiger partial charge in [0.2, 0.25) is 5.91 Å². The second-order valence-electron chi connectivity index (χ2n) is 7.40. The average molecular weight is 485 g/mol. The first-order valence-corrected chi connectivity index (χ1v) is 12.0. The van der Waals surface area contributed by atoms with Crippen LogP contribution in [0.25, 0.3) is 0 Å². The quantitative estimate of drug-likeness (QED) is 0.419. The van der Waals surface area contributed by atoms with Crippen molar-refractivity contribution in [3.8, 4) is 17.2 Å². The van der Waals surface area contributed by atoms with E-state index in [4.69, 9.17) is 14.2 Å². The standard InChI is InChI=1S/C25H28N2O6S/c1-19-7-13-24(14-8-19)34(29,30)27(20-5-4-6-23(17-20)32-3)18-25(28)26-15-16-33-22-11-9-21(31-2)10-12-22/h4-14,17H,15-16,18H2,1-3H3,(H,26,28). The predicted octanol–water partition coefficient (Wildman–Crippen LogP) is 3.40. The zero-order valence-electron chi connectivity index (χ0n) is 19.4. The van der Waals surface area contributed by atoms with Crippen molar-refractivity contribution in [1.82, 2.24) is 5.32 Å². The zero-order valence-corrected chi connectivity index (χ0v) is 20.2. The van der Waals surface area contributed by atoms with Crippen LogP contribution in [0.1, 0.15) is 5.56 Å². The van der Waals surface area contributed by atoms with Gasteiger partial charge in [0.1, 0.15) is 30.4 Å². The summed E-state index contributed by atoms with van der Waals surface area (Å²) in [6.45, 7) is 1.91. The van der Waals surface area contributed by atoms with Crippen molar-refractivity contribution in [1.29, 1.82) is 0 Å². The van der Waals surface area contributed by atoms with Crippen LogP contribution in [-0.2, 0) is 14.8 Å². The van der Waals surface area contributed by atoms with Crippen LogP contribution in [0.5, 0.6) is 17.2 Å². The summed E-state index contributed by atoms with van der Waals surface area (Å²) < 4.78 is 43.8. The lowest BCUT2D eigenvalue weighted by Crippen LogP contribution is -2.41. The van der Waals surface area contributed by atoms with Gasteiger partial charge in [-0.3, -0.25) is 9.10 Å². The van der Waals surface area contributed by atoms with Crippen molar-refractivity contribution in [3.63, 3.8) is 0 Å². The van der Waals surface area contributed by atoms with E-state index in [1.807, 2.05) is 6.92 Å². The summed E-state index contributed by atoms with van der Waals surface area (Å²) in [5.74, 6) is 1.37. The molecule has 8 nitrogen and oxygen atoms in total. The van der Waals surface area contributed by atoms with Gasteiger partial charge < -0.3 is 19.5 Å². The molecule has 3 aromatic rings. The number of nitrogens with zero attached hydrogens (tertiary/aromatic N) is 1. The Bertz CT molecular complexity index is 1190. The normalized spacial score (nSPS) is 10.9. The molecule has 180 valence electrons. The number of aryl methyl sites for hydroxylation is 1. The summed E-state index contributed by atoms with van der Waals surface area (Å²) in [7, 11) is -0.921. The number of rotatable bonds is 11. The molecule has 0 aliphatic heterocycles. The first-order chi connectivity index (χ1) is 16.3. The molecule has 0 unspecified atom stereocenters. The molecule has 0 spiro atoms. The van der Waals surface area contributed by atoms with Gasteiger partial charge in [0.25, 0.3) is 10.0 Å². The van der Waals surface area contributed by atoms with E-state index in [-0.39, 0.29) is 18.0 Å². The third-order valence-electron chi connectivity index (χ3n) is 4.99. The van der Waals surface area contributed by atoms with Gasteiger partial charge in [0.05, 0.1) is 31.3 Å². The third-order valence-corrected chi connectivity index (χ3v) is 6.78. The highest BCUT2D eigenvalue weighted by Gasteiger charge is 2.27. The summed E-state index contributed by atoms with van der Waals surface area (Å²) >= 11 is 0. The zero-order chi connectivity index (χ0) is 24.6. The molecule has 34 heavy (non-hydrogen) atoms. The minimum Gasteiger partial charge on any atom is -0.497 e. The fourth-order valence-corrected chi connectivity index (χ4v) is 4.55. The molecule has 0 saturated heterocycles. The first kappa shape index (κ1) is 24.9. The van der Waals surface area contributed by atoms with Gasteiger partial charge in [-0.1, -0.05) is 23.8 Å². The van der Waals surface area contributed by atoms with Gasteiger partial charge in [-0.25, -0.2) is 8.42 Å². The summed E-state index contributed by atoms with van der Waals surface area (Å²) in [4.78, 5) is 12.8. The number of carbonyl (C=O) groups excluding carboxylic acids is 1. The number of anilines is 1. The monoisotopic (exact) mass is 484 g/mol. The molecular formula is C25H28N2O6S. The highest BCUT2D eigenvalue weighted by Crippen LogP contribution is 2.27. The van der Waals surface area contributed by atoms with Crippen LogP contribution in [0.3, 0.4) is 0 Å². The number of hydrogen-bond donors (Lipinski definition) is 1. The van der Waals surface area contributed by atoms with E-state index in [0.717, 1.165) is 9.87 Å². The third kappa shape index (κ3) is 6.41. The van der Waals surface area contributed by atoms with Gasteiger partial charge in [-0.15, -0.1) is 0 Å². The second-order valence-corrected chi connectivity index (χ2v) is 9.26. The van der Waals surface area contributed by atoms with Gasteiger partial charge >= 0.3 is 0 Å². The summed E-state index contributed by atoms with van der Waals surface area (Å²) in [6, 6.07) is 20.1. The molecule has 0 atom stereocenters. The predicted molar refractivity (Wildman–Crippen MR) is 130 cm³/mol. The Morgan fingerprint density at radius 2 is 1.53 bits per heavy atom. The molecule has 9 heteroatoms. The van der Waals surface area contributed by atoms with E-state index in [2.05, 4.69) is 5.32 Å². The first-order valence-electron chi connectivity index (χ1n) is 10.6. The van der Waals surface area contributed by atoms with Crippen LogP contribution < -0.4 is 23.8 Å². The van der Waals surface area contributed by atoms with Crippen LogP contribution in [0.4, 0.5) is 5.69 Å². The van der Waals surface area contributed by atoms with E-state index in [1.165, 1.54) is 19.2 Å². The average Bonchev–Trinajstić information content (AvgIpc) is 2.85. The maximum atomic E-state index is 13.4. The van der Waals surface area contributed by atoms with E-state index in [9.17, 15) is 13.2 Å². The topological polar surface area (TPSA) is 94.2 Å². The molecule has 3 rings (SSSR count). The molecule has 0 aromatic heterocycles. The number of nitrogens with one attached hydrogen (secondary N) is 1. The number of amides is 1. The Balaban J connectivity index is 1.70. The lowest BCUT2D eigenvalue weighted by atomic mass is 10.2. The van der Waals surface area contributed by atoms with Crippen molar-refractivity contribution in [2.24, 2.45) is 0 Å². The number of sulfonamides is 1. The molecule has 0 bridgehead atoms. The van der Waals surface area contributed by atoms with Crippen molar-refractivity contribution in [3.05, 3.63) is 78.4 Å². The molecule has 0 saturated carbocycles. The molecular weight excluding hydrogens is 456 g/mol. The van der Waals surface area contributed by atoms with Crippen molar-refractivity contribution >= 4 is 21.6 Å². The molecule has 0 heterocycles. The number of ether oxygens (including phenoxy) is 3. The Morgan fingerprint density at radius 3 is 2.18 bits per heavy atom. The molecule has 0 aliphatic carbocycles. The maximum absolute atomic E-state index is 13.4. The molecule has 0 aliphatic rings. The number of methoxy groups -OCH3 is 2. The van der Waals surface area contributed by atoms with Crippen molar-refractivity contribution in [2.45, 2.75) is 11.8 Å². The van der Waals surface area contributed by atoms with Crippen LogP contribution in [0.2, 0.25) is 0 Å². The Labute approximate surface area is 200 Å². The number of carbonyl (C=O) groups is 1. The van der Waals surface area contributed by atoms with Crippen LogP contribution in [0, 0.1) is 6.92 Å². The smallest absolute Gasteiger partial charge is 0.264 e. The Kier molecular flexibility index (Phi) is 8.37. The van der Waals surface area contributed by atoms with Crippen LogP contribution in [0.15, 0.2) is 77.7 Å². The number of hydrogen-bond acceptors (Lipinski definition) is 6. The fraction of sp³-hybridized carbons (Fsp3) is 0.240. The van der Waals surface area contributed by atoms with E-state index in [0.29, 0.717) is 22.9 Å².